The fraction of sp³-hybridized carbons (Fsp3) is 0. The molecule has 0 radical (unpaired) electrons. The van der Waals surface area contributed by atoms with Crippen molar-refractivity contribution in [3.63, 3.8) is 0 Å². The quantitative estimate of drug-likeness (QED) is 0.482. The Morgan fingerprint density at radius 2 is 1.86 bits per heavy atom. The minimum Gasteiger partial charge on any atom is -0.399 e. The van der Waals surface area contributed by atoms with Crippen molar-refractivity contribution in [1.29, 1.82) is 0 Å². The van der Waals surface area contributed by atoms with E-state index in [1.165, 1.54) is 0 Å². The average molecular weight is 95.1 g/mol. The van der Waals surface area contributed by atoms with E-state index >= 15 is 0 Å². The third-order valence-electron chi connectivity index (χ3n) is 0.670. The maximum absolute atomic E-state index is 7.12. The van der Waals surface area contributed by atoms with Crippen LogP contribution in [-0.4, -0.2) is 0 Å². The lowest BCUT2D eigenvalue weighted by Crippen LogP contribution is -1.79. The molecule has 36 valence electrons. The molecule has 1 rings (SSSR count). The molecule has 0 saturated heterocycles. The first-order valence-corrected chi connectivity index (χ1v) is 2.03. The van der Waals surface area contributed by atoms with Crippen LogP contribution in [0, 0.1) is 0 Å². The molecule has 1 nitrogen and oxygen atoms in total. The minimum absolute atomic E-state index is 0.225. The highest BCUT2D eigenvalue weighted by Gasteiger charge is 1.72. The predicted octanol–water partition coefficient (Wildman–Crippen LogP) is 1.27. The average Bonchev–Trinajstić information content (AvgIpc) is 1.83. The zero-order valence-electron chi connectivity index (χ0n) is 5.81. The normalized spacial score (nSPS) is 12.6. The van der Waals surface area contributed by atoms with Crippen LogP contribution in [0.15, 0.2) is 30.3 Å². The second kappa shape index (κ2) is 1.65. The first kappa shape index (κ1) is 2.36. The van der Waals surface area contributed by atoms with Crippen molar-refractivity contribution in [2.24, 2.45) is 0 Å². The number of rotatable bonds is 0. The Morgan fingerprint density at radius 3 is 2.29 bits per heavy atom. The van der Waals surface area contributed by atoms with E-state index in [1.54, 1.807) is 18.2 Å². The maximum Gasteiger partial charge on any atom is 0.0644 e. The Hall–Kier alpha value is -0.980. The summed E-state index contributed by atoms with van der Waals surface area (Å²) in [4.78, 5) is 0. The topological polar surface area (TPSA) is 26.0 Å². The Balaban J connectivity index is 3.25. The zero-order valence-corrected chi connectivity index (χ0v) is 3.81. The molecule has 0 aliphatic carbocycles. The molecule has 2 N–H and O–H groups in total. The van der Waals surface area contributed by atoms with E-state index in [0.717, 1.165) is 0 Å². The number of hydrogen-bond acceptors (Lipinski definition) is 1. The first-order valence-electron chi connectivity index (χ1n) is 3.03. The van der Waals surface area contributed by atoms with E-state index < -0.39 is 0 Å². The molecule has 0 fully saturated rings. The summed E-state index contributed by atoms with van der Waals surface area (Å²) in [5, 5.41) is 0. The summed E-state index contributed by atoms with van der Waals surface area (Å²) in [6.45, 7) is 0. The molecule has 0 aromatic heterocycles. The summed E-state index contributed by atoms with van der Waals surface area (Å²) < 4.78 is 14.2. The van der Waals surface area contributed by atoms with Gasteiger partial charge < -0.3 is 5.73 Å². The van der Waals surface area contributed by atoms with Crippen molar-refractivity contribution in [3.05, 3.63) is 30.3 Å². The van der Waals surface area contributed by atoms with E-state index in [4.69, 9.17) is 8.48 Å². The Labute approximate surface area is 45.6 Å². The van der Waals surface area contributed by atoms with Gasteiger partial charge in [0.15, 0.2) is 0 Å². The van der Waals surface area contributed by atoms with Gasteiger partial charge in [0, 0.05) is 5.69 Å². The minimum atomic E-state index is 0.225. The fourth-order valence-corrected chi connectivity index (χ4v) is 0.366. The van der Waals surface area contributed by atoms with Gasteiger partial charge in [0.2, 0.25) is 0 Å². The van der Waals surface area contributed by atoms with Gasteiger partial charge in [0.25, 0.3) is 0 Å². The first-order chi connectivity index (χ1) is 4.22. The van der Waals surface area contributed by atoms with Crippen LogP contribution in [0.5, 0.6) is 0 Å². The summed E-state index contributed by atoms with van der Waals surface area (Å²) in [6, 6.07) is 5.21. The van der Waals surface area contributed by atoms with Gasteiger partial charge in [-0.25, -0.2) is 0 Å². The molecule has 7 heavy (non-hydrogen) atoms. The van der Waals surface area contributed by atoms with E-state index in [2.05, 4.69) is 0 Å². The van der Waals surface area contributed by atoms with Gasteiger partial charge >= 0.3 is 0 Å². The van der Waals surface area contributed by atoms with Gasteiger partial charge in [-0.1, -0.05) is 18.2 Å². The second-order valence-electron chi connectivity index (χ2n) is 1.23. The molecule has 1 aromatic rings. The lowest BCUT2D eigenvalue weighted by Gasteiger charge is -1.83. The van der Waals surface area contributed by atoms with Crippen LogP contribution < -0.4 is 5.73 Å². The van der Waals surface area contributed by atoms with Crippen LogP contribution in [0.2, 0.25) is 0 Å². The molecule has 0 aliphatic rings. The van der Waals surface area contributed by atoms with Gasteiger partial charge in [0.05, 0.1) is 2.74 Å². The monoisotopic (exact) mass is 95.1 g/mol. The molecule has 0 aliphatic heterocycles. The smallest absolute Gasteiger partial charge is 0.0644 e. The summed E-state index contributed by atoms with van der Waals surface area (Å²) in [6.07, 6.45) is 0. The summed E-state index contributed by atoms with van der Waals surface area (Å²) in [5.41, 5.74) is 5.55. The van der Waals surface area contributed by atoms with E-state index in [1.807, 2.05) is 0 Å². The molecule has 1 heteroatoms. The third kappa shape index (κ3) is 0.929. The van der Waals surface area contributed by atoms with Crippen molar-refractivity contribution < 1.29 is 2.74 Å². The zero-order chi connectivity index (χ0) is 6.85. The van der Waals surface area contributed by atoms with E-state index in [-0.39, 0.29) is 17.8 Å². The van der Waals surface area contributed by atoms with Gasteiger partial charge in [-0.05, 0) is 12.1 Å². The largest absolute Gasteiger partial charge is 0.399 e. The molecule has 1 aromatic carbocycles. The van der Waals surface area contributed by atoms with Crippen molar-refractivity contribution in [2.75, 3.05) is 5.73 Å². The molecule has 0 bridgehead atoms. The molecule has 0 spiro atoms. The number of benzene rings is 1. The highest BCUT2D eigenvalue weighted by atomic mass is 14.5. The number of para-hydroxylation sites is 1. The van der Waals surface area contributed by atoms with Crippen molar-refractivity contribution in [3.8, 4) is 0 Å². The number of nitrogens with two attached hydrogens (primary N) is 1. The molecular weight excluding hydrogens is 86.1 g/mol. The van der Waals surface area contributed by atoms with Gasteiger partial charge in [-0.2, -0.15) is 0 Å². The molecule has 0 atom stereocenters. The predicted molar refractivity (Wildman–Crippen MR) is 30.9 cm³/mol. The highest BCUT2D eigenvalue weighted by Crippen LogP contribution is 1.95. The Kier molecular flexibility index (Phi) is 0.555. The summed E-state index contributed by atoms with van der Waals surface area (Å²) in [7, 11) is 0. The van der Waals surface area contributed by atoms with Gasteiger partial charge in [-0.3, -0.25) is 0 Å². The van der Waals surface area contributed by atoms with Crippen LogP contribution in [0.25, 0.3) is 0 Å². The maximum atomic E-state index is 7.12. The van der Waals surface area contributed by atoms with E-state index in [0.29, 0.717) is 0 Å². The fourth-order valence-electron chi connectivity index (χ4n) is 0.366. The number of nitrogen functional groups attached to an aromatic ring is 1. The summed E-state index contributed by atoms with van der Waals surface area (Å²) in [5.74, 6) is 0. The Morgan fingerprint density at radius 1 is 1.29 bits per heavy atom. The van der Waals surface area contributed by atoms with Crippen LogP contribution in [0.3, 0.4) is 0 Å². The van der Waals surface area contributed by atoms with Crippen LogP contribution in [0.1, 0.15) is 2.74 Å². The Bertz CT molecular complexity index is 202. The summed E-state index contributed by atoms with van der Waals surface area (Å²) >= 11 is 0. The lowest BCUT2D eigenvalue weighted by atomic mass is 10.3. The molecule has 0 saturated carbocycles. The van der Waals surface area contributed by atoms with Crippen molar-refractivity contribution in [1.82, 2.24) is 0 Å². The van der Waals surface area contributed by atoms with Crippen LogP contribution in [0.4, 0.5) is 5.69 Å². The van der Waals surface area contributed by atoms with Gasteiger partial charge in [-0.15, -0.1) is 0 Å². The molecule has 0 heterocycles. The van der Waals surface area contributed by atoms with E-state index in [9.17, 15) is 0 Å². The van der Waals surface area contributed by atoms with Crippen molar-refractivity contribution in [2.45, 2.75) is 0 Å². The number of anilines is 1. The van der Waals surface area contributed by atoms with Gasteiger partial charge in [0.1, 0.15) is 0 Å². The molecular formula is C6H7N. The molecule has 0 unspecified atom stereocenters. The standard InChI is InChI=1S/C6H7N/c7-6-4-2-1-3-5-6/h1-5H,7H2/i4D,5D. The van der Waals surface area contributed by atoms with Crippen molar-refractivity contribution >= 4 is 5.69 Å². The number of hydrogen-bond donors (Lipinski definition) is 1. The third-order valence-corrected chi connectivity index (χ3v) is 0.670. The highest BCUT2D eigenvalue weighted by molar-refractivity contribution is 5.35. The van der Waals surface area contributed by atoms with Crippen LogP contribution in [-0.2, 0) is 0 Å². The van der Waals surface area contributed by atoms with Crippen LogP contribution >= 0.6 is 0 Å². The molecule has 0 amide bonds. The SMILES string of the molecule is [2H]c1cccc([2H])c1N. The second-order valence-corrected chi connectivity index (χ2v) is 1.23. The lowest BCUT2D eigenvalue weighted by molar-refractivity contribution is 1.69.